The second kappa shape index (κ2) is 5.53. The lowest BCUT2D eigenvalue weighted by Gasteiger charge is -2.08. The van der Waals surface area contributed by atoms with Crippen molar-refractivity contribution in [3.05, 3.63) is 51.2 Å². The molecule has 106 valence electrons. The minimum absolute atomic E-state index is 0.246. The lowest BCUT2D eigenvalue weighted by atomic mass is 10.2. The van der Waals surface area contributed by atoms with Crippen molar-refractivity contribution in [2.24, 2.45) is 0 Å². The number of nitrogens with two attached hydrogens (primary N) is 1. The smallest absolute Gasteiger partial charge is 0.187 e. The number of hydrogen-bond acceptors (Lipinski definition) is 4. The number of rotatable bonds is 2. The van der Waals surface area contributed by atoms with Crippen molar-refractivity contribution < 1.29 is 4.39 Å². The van der Waals surface area contributed by atoms with E-state index in [1.165, 1.54) is 10.7 Å². The molecule has 3 aromatic rings. The molecule has 3 rings (SSSR count). The van der Waals surface area contributed by atoms with Gasteiger partial charge < -0.3 is 5.73 Å². The average molecular weight is 413 g/mol. The molecule has 0 saturated carbocycles. The van der Waals surface area contributed by atoms with Crippen molar-refractivity contribution in [1.82, 2.24) is 20.2 Å². The first-order valence-electron chi connectivity index (χ1n) is 5.85. The molecule has 0 amide bonds. The van der Waals surface area contributed by atoms with Crippen LogP contribution in [0.4, 0.5) is 10.1 Å². The van der Waals surface area contributed by atoms with Gasteiger partial charge in [-0.15, -0.1) is 5.10 Å². The van der Waals surface area contributed by atoms with E-state index in [4.69, 9.17) is 5.73 Å². The van der Waals surface area contributed by atoms with Crippen LogP contribution in [-0.2, 0) is 0 Å². The van der Waals surface area contributed by atoms with Gasteiger partial charge in [0.25, 0.3) is 0 Å². The summed E-state index contributed by atoms with van der Waals surface area (Å²) in [6.45, 7) is 0. The van der Waals surface area contributed by atoms with Crippen molar-refractivity contribution >= 4 is 37.5 Å². The Labute approximate surface area is 136 Å². The van der Waals surface area contributed by atoms with Crippen molar-refractivity contribution in [3.63, 3.8) is 0 Å². The minimum atomic E-state index is -0.430. The molecule has 8 heteroatoms. The maximum Gasteiger partial charge on any atom is 0.187 e. The monoisotopic (exact) mass is 411 g/mol. The Hall–Kier alpha value is -1.80. The molecule has 0 spiro atoms. The minimum Gasteiger partial charge on any atom is -0.399 e. The van der Waals surface area contributed by atoms with E-state index in [0.29, 0.717) is 21.5 Å². The van der Waals surface area contributed by atoms with Crippen LogP contribution in [0.25, 0.3) is 17.1 Å². The van der Waals surface area contributed by atoms with Gasteiger partial charge in [-0.3, -0.25) is 0 Å². The summed E-state index contributed by atoms with van der Waals surface area (Å²) in [4.78, 5) is 0. The molecule has 2 N–H and O–H groups in total. The summed E-state index contributed by atoms with van der Waals surface area (Å²) in [7, 11) is 0. The highest BCUT2D eigenvalue weighted by atomic mass is 79.9. The van der Waals surface area contributed by atoms with Crippen LogP contribution in [0.1, 0.15) is 0 Å². The summed E-state index contributed by atoms with van der Waals surface area (Å²) in [5, 5.41) is 11.5. The predicted molar refractivity (Wildman–Crippen MR) is 84.4 cm³/mol. The van der Waals surface area contributed by atoms with E-state index in [1.54, 1.807) is 24.3 Å². The van der Waals surface area contributed by atoms with Crippen molar-refractivity contribution in [2.75, 3.05) is 5.73 Å². The molecule has 0 aliphatic heterocycles. The molecule has 0 fully saturated rings. The zero-order valence-electron chi connectivity index (χ0n) is 10.5. The summed E-state index contributed by atoms with van der Waals surface area (Å²) in [5.41, 5.74) is 7.31. The van der Waals surface area contributed by atoms with Gasteiger partial charge >= 0.3 is 0 Å². The normalized spacial score (nSPS) is 10.8. The number of benzene rings is 2. The number of tetrazole rings is 1. The lowest BCUT2D eigenvalue weighted by Crippen LogP contribution is -2.04. The molecule has 2 aromatic carbocycles. The molecule has 0 unspecified atom stereocenters. The maximum atomic E-state index is 14.1. The number of para-hydroxylation sites is 1. The Kier molecular flexibility index (Phi) is 3.73. The van der Waals surface area contributed by atoms with E-state index in [-0.39, 0.29) is 5.69 Å². The molecule has 0 bridgehead atoms. The van der Waals surface area contributed by atoms with Gasteiger partial charge in [0.1, 0.15) is 11.5 Å². The first-order chi connectivity index (χ1) is 10.1. The predicted octanol–water partition coefficient (Wildman–Crippen LogP) is 3.58. The maximum absolute atomic E-state index is 14.1. The van der Waals surface area contributed by atoms with Gasteiger partial charge in [-0.05, 0) is 56.7 Å². The molecule has 0 aliphatic carbocycles. The summed E-state index contributed by atoms with van der Waals surface area (Å²) >= 11 is 6.68. The Morgan fingerprint density at radius 3 is 2.67 bits per heavy atom. The molecular weight excluding hydrogens is 405 g/mol. The van der Waals surface area contributed by atoms with Gasteiger partial charge in [0.05, 0.1) is 0 Å². The van der Waals surface area contributed by atoms with E-state index in [2.05, 4.69) is 47.4 Å². The average Bonchev–Trinajstić information content (AvgIpc) is 2.86. The van der Waals surface area contributed by atoms with Gasteiger partial charge in [-0.25, -0.2) is 4.39 Å². The molecule has 0 aliphatic rings. The van der Waals surface area contributed by atoms with E-state index >= 15 is 0 Å². The lowest BCUT2D eigenvalue weighted by molar-refractivity contribution is 0.606. The van der Waals surface area contributed by atoms with Gasteiger partial charge in [0, 0.05) is 20.2 Å². The van der Waals surface area contributed by atoms with Gasteiger partial charge in [-0.2, -0.15) is 4.68 Å². The zero-order valence-corrected chi connectivity index (χ0v) is 13.6. The molecule has 0 atom stereocenters. The largest absolute Gasteiger partial charge is 0.399 e. The highest BCUT2D eigenvalue weighted by Crippen LogP contribution is 2.29. The van der Waals surface area contributed by atoms with Gasteiger partial charge in [0.2, 0.25) is 0 Å². The van der Waals surface area contributed by atoms with E-state index < -0.39 is 5.82 Å². The van der Waals surface area contributed by atoms with Crippen LogP contribution in [0, 0.1) is 5.82 Å². The third-order valence-corrected chi connectivity index (χ3v) is 3.89. The third-order valence-electron chi connectivity index (χ3n) is 2.80. The molecule has 5 nitrogen and oxygen atoms in total. The fourth-order valence-corrected chi connectivity index (χ4v) is 2.97. The summed E-state index contributed by atoms with van der Waals surface area (Å²) in [5.74, 6) is -0.0327. The van der Waals surface area contributed by atoms with E-state index in [1.807, 2.05) is 6.07 Å². The number of nitrogen functional groups attached to an aromatic ring is 1. The third kappa shape index (κ3) is 2.68. The highest BCUT2D eigenvalue weighted by Gasteiger charge is 2.17. The van der Waals surface area contributed by atoms with Crippen LogP contribution in [0.3, 0.4) is 0 Å². The molecule has 1 aromatic heterocycles. The number of halogens is 3. The van der Waals surface area contributed by atoms with E-state index in [0.717, 1.165) is 4.47 Å². The first kappa shape index (κ1) is 14.2. The molecule has 1 heterocycles. The highest BCUT2D eigenvalue weighted by molar-refractivity contribution is 9.10. The topological polar surface area (TPSA) is 69.6 Å². The van der Waals surface area contributed by atoms with Crippen LogP contribution in [0.5, 0.6) is 0 Å². The molecule has 0 saturated heterocycles. The number of anilines is 1. The fourth-order valence-electron chi connectivity index (χ4n) is 1.95. The van der Waals surface area contributed by atoms with Crippen molar-refractivity contribution in [3.8, 4) is 17.1 Å². The van der Waals surface area contributed by atoms with Gasteiger partial charge in [-0.1, -0.05) is 22.0 Å². The Morgan fingerprint density at radius 1 is 1.14 bits per heavy atom. The number of nitrogens with zero attached hydrogens (tertiary/aromatic N) is 4. The molecular formula is C13H8Br2FN5. The van der Waals surface area contributed by atoms with Crippen LogP contribution in [0.2, 0.25) is 0 Å². The fraction of sp³-hybridized carbons (Fsp3) is 0. The first-order valence-corrected chi connectivity index (χ1v) is 7.44. The van der Waals surface area contributed by atoms with Crippen molar-refractivity contribution in [1.29, 1.82) is 0 Å². The number of aromatic nitrogens is 4. The SMILES string of the molecule is Nc1cc(Br)cc(-c2nnnn2-c2c(F)cccc2Br)c1. The standard InChI is InChI=1S/C13H8Br2FN5/c14-8-4-7(5-9(17)6-8)13-18-19-20-21(13)12-10(15)2-1-3-11(12)16/h1-6H,17H2. The second-order valence-electron chi connectivity index (χ2n) is 4.26. The van der Waals surface area contributed by atoms with Crippen LogP contribution >= 0.6 is 31.9 Å². The van der Waals surface area contributed by atoms with Crippen LogP contribution < -0.4 is 5.73 Å². The van der Waals surface area contributed by atoms with Crippen LogP contribution in [0.15, 0.2) is 45.3 Å². The second-order valence-corrected chi connectivity index (χ2v) is 6.03. The molecule has 21 heavy (non-hydrogen) atoms. The summed E-state index contributed by atoms with van der Waals surface area (Å²) in [6.07, 6.45) is 0. The number of hydrogen-bond donors (Lipinski definition) is 1. The Morgan fingerprint density at radius 2 is 1.95 bits per heavy atom. The van der Waals surface area contributed by atoms with E-state index in [9.17, 15) is 4.39 Å². The van der Waals surface area contributed by atoms with Crippen molar-refractivity contribution in [2.45, 2.75) is 0 Å². The molecule has 0 radical (unpaired) electrons. The Balaban J connectivity index is 2.22. The summed E-state index contributed by atoms with van der Waals surface area (Å²) in [6, 6.07) is 9.97. The zero-order chi connectivity index (χ0) is 15.0. The Bertz CT molecular complexity index is 778. The van der Waals surface area contributed by atoms with Gasteiger partial charge in [0.15, 0.2) is 5.82 Å². The summed E-state index contributed by atoms with van der Waals surface area (Å²) < 4.78 is 16.8. The quantitative estimate of drug-likeness (QED) is 0.653. The van der Waals surface area contributed by atoms with Crippen LogP contribution in [-0.4, -0.2) is 20.2 Å².